The topological polar surface area (TPSA) is 86.0 Å². The van der Waals surface area contributed by atoms with E-state index in [2.05, 4.69) is 10.4 Å². The Balaban J connectivity index is 1.93. The van der Waals surface area contributed by atoms with Gasteiger partial charge >= 0.3 is 5.69 Å². The van der Waals surface area contributed by atoms with Crippen LogP contribution >= 0.6 is 0 Å². The molecule has 3 aromatic rings. The molecule has 132 valence electrons. The van der Waals surface area contributed by atoms with Crippen LogP contribution in [-0.2, 0) is 13.6 Å². The quantitative estimate of drug-likeness (QED) is 0.757. The van der Waals surface area contributed by atoms with Gasteiger partial charge in [-0.25, -0.2) is 9.18 Å². The molecule has 1 aromatic heterocycles. The van der Waals surface area contributed by atoms with Crippen molar-refractivity contribution >= 4 is 5.91 Å². The molecule has 2 aromatic carbocycles. The third-order valence-corrected chi connectivity index (χ3v) is 3.76. The van der Waals surface area contributed by atoms with Crippen LogP contribution in [0.5, 0.6) is 0 Å². The zero-order valence-corrected chi connectivity index (χ0v) is 13.8. The molecule has 1 amide bonds. The van der Waals surface area contributed by atoms with Crippen molar-refractivity contribution in [3.8, 4) is 5.69 Å². The first-order valence-electron chi connectivity index (χ1n) is 7.76. The van der Waals surface area contributed by atoms with E-state index in [9.17, 15) is 18.8 Å². The van der Waals surface area contributed by atoms with E-state index in [0.717, 1.165) is 9.25 Å². The number of carbonyl (C=O) groups is 1. The summed E-state index contributed by atoms with van der Waals surface area (Å²) in [6.07, 6.45) is 0. The normalized spacial score (nSPS) is 10.5. The van der Waals surface area contributed by atoms with E-state index < -0.39 is 22.9 Å². The fourth-order valence-corrected chi connectivity index (χ4v) is 2.32. The minimum absolute atomic E-state index is 0.0917. The summed E-state index contributed by atoms with van der Waals surface area (Å²) >= 11 is 0. The Morgan fingerprint density at radius 2 is 1.73 bits per heavy atom. The Kier molecular flexibility index (Phi) is 4.74. The molecule has 0 atom stereocenters. The van der Waals surface area contributed by atoms with Crippen LogP contribution in [-0.4, -0.2) is 20.3 Å². The highest BCUT2D eigenvalue weighted by Crippen LogP contribution is 2.03. The molecular weight excluding hydrogens is 339 g/mol. The van der Waals surface area contributed by atoms with Gasteiger partial charge in [0.2, 0.25) is 5.69 Å². The summed E-state index contributed by atoms with van der Waals surface area (Å²) in [5.41, 5.74) is -0.762. The van der Waals surface area contributed by atoms with Crippen LogP contribution in [0.4, 0.5) is 4.39 Å². The monoisotopic (exact) mass is 354 g/mol. The van der Waals surface area contributed by atoms with Gasteiger partial charge in [0.25, 0.3) is 11.5 Å². The van der Waals surface area contributed by atoms with Crippen LogP contribution in [0.1, 0.15) is 16.1 Å². The summed E-state index contributed by atoms with van der Waals surface area (Å²) in [6, 6.07) is 14.1. The smallest absolute Gasteiger partial charge is 0.346 e. The van der Waals surface area contributed by atoms with E-state index >= 15 is 0 Å². The molecule has 0 radical (unpaired) electrons. The van der Waals surface area contributed by atoms with E-state index in [1.807, 2.05) is 0 Å². The van der Waals surface area contributed by atoms with Gasteiger partial charge in [-0.3, -0.25) is 14.2 Å². The van der Waals surface area contributed by atoms with E-state index in [1.165, 1.54) is 31.3 Å². The maximum absolute atomic E-state index is 12.9. The predicted molar refractivity (Wildman–Crippen MR) is 92.6 cm³/mol. The van der Waals surface area contributed by atoms with Crippen molar-refractivity contribution in [1.29, 1.82) is 0 Å². The van der Waals surface area contributed by atoms with Crippen molar-refractivity contribution in [1.82, 2.24) is 19.7 Å². The van der Waals surface area contributed by atoms with Gasteiger partial charge in [-0.2, -0.15) is 9.78 Å². The molecule has 3 rings (SSSR count). The van der Waals surface area contributed by atoms with Gasteiger partial charge in [-0.05, 0) is 29.8 Å². The van der Waals surface area contributed by atoms with Crippen molar-refractivity contribution in [2.75, 3.05) is 0 Å². The van der Waals surface area contributed by atoms with Crippen LogP contribution in [0, 0.1) is 5.82 Å². The molecule has 0 bridgehead atoms. The second kappa shape index (κ2) is 7.14. The molecule has 26 heavy (non-hydrogen) atoms. The number of rotatable bonds is 4. The van der Waals surface area contributed by atoms with Crippen molar-refractivity contribution in [3.63, 3.8) is 0 Å². The van der Waals surface area contributed by atoms with E-state index in [0.29, 0.717) is 11.3 Å². The molecule has 0 spiro atoms. The van der Waals surface area contributed by atoms with Gasteiger partial charge in [0.1, 0.15) is 5.82 Å². The lowest BCUT2D eigenvalue weighted by Crippen LogP contribution is -2.44. The fourth-order valence-electron chi connectivity index (χ4n) is 2.32. The third kappa shape index (κ3) is 3.44. The molecule has 0 aliphatic carbocycles. The van der Waals surface area contributed by atoms with E-state index in [-0.39, 0.29) is 12.4 Å². The van der Waals surface area contributed by atoms with Crippen molar-refractivity contribution in [2.24, 2.45) is 7.05 Å². The Morgan fingerprint density at radius 1 is 1.08 bits per heavy atom. The average molecular weight is 354 g/mol. The number of para-hydroxylation sites is 1. The zero-order valence-electron chi connectivity index (χ0n) is 13.8. The molecule has 0 aliphatic heterocycles. The molecule has 0 saturated carbocycles. The van der Waals surface area contributed by atoms with Gasteiger partial charge in [0, 0.05) is 13.6 Å². The summed E-state index contributed by atoms with van der Waals surface area (Å²) in [5, 5.41) is 6.48. The summed E-state index contributed by atoms with van der Waals surface area (Å²) in [6.45, 7) is 0.0917. The molecule has 0 fully saturated rings. The molecule has 1 N–H and O–H groups in total. The fraction of sp³-hybridized carbons (Fsp3) is 0.111. The number of aromatic nitrogens is 3. The van der Waals surface area contributed by atoms with Gasteiger partial charge in [-0.1, -0.05) is 30.3 Å². The number of halogens is 1. The maximum atomic E-state index is 12.9. The van der Waals surface area contributed by atoms with Crippen molar-refractivity contribution in [3.05, 3.63) is 92.5 Å². The number of nitrogens with one attached hydrogen (secondary N) is 1. The second-order valence-corrected chi connectivity index (χ2v) is 5.55. The first-order valence-corrected chi connectivity index (χ1v) is 7.76. The first kappa shape index (κ1) is 17.3. The number of carbonyl (C=O) groups excluding carboxylic acids is 1. The maximum Gasteiger partial charge on any atom is 0.351 e. The van der Waals surface area contributed by atoms with Crippen LogP contribution in [0.15, 0.2) is 64.2 Å². The van der Waals surface area contributed by atoms with Gasteiger partial charge in [-0.15, -0.1) is 0 Å². The Hall–Kier alpha value is -3.55. The summed E-state index contributed by atoms with van der Waals surface area (Å²) in [7, 11) is 1.28. The third-order valence-electron chi connectivity index (χ3n) is 3.76. The highest BCUT2D eigenvalue weighted by Gasteiger charge is 2.18. The van der Waals surface area contributed by atoms with E-state index in [1.54, 1.807) is 30.3 Å². The number of amides is 1. The zero-order chi connectivity index (χ0) is 18.7. The van der Waals surface area contributed by atoms with Crippen LogP contribution in [0.3, 0.4) is 0 Å². The van der Waals surface area contributed by atoms with Crippen molar-refractivity contribution in [2.45, 2.75) is 6.54 Å². The highest BCUT2D eigenvalue weighted by atomic mass is 19.1. The Bertz CT molecular complexity index is 1060. The molecule has 0 unspecified atom stereocenters. The molecule has 0 saturated heterocycles. The highest BCUT2D eigenvalue weighted by molar-refractivity contribution is 5.91. The summed E-state index contributed by atoms with van der Waals surface area (Å²) < 4.78 is 14.7. The van der Waals surface area contributed by atoms with Gasteiger partial charge < -0.3 is 5.32 Å². The number of nitrogens with zero attached hydrogens (tertiary/aromatic N) is 3. The number of hydrogen-bond donors (Lipinski definition) is 1. The van der Waals surface area contributed by atoms with Gasteiger partial charge in [0.05, 0.1) is 5.69 Å². The first-order chi connectivity index (χ1) is 12.5. The summed E-state index contributed by atoms with van der Waals surface area (Å²) in [4.78, 5) is 36.9. The number of benzene rings is 2. The molecule has 1 heterocycles. The Labute approximate surface area is 147 Å². The second-order valence-electron chi connectivity index (χ2n) is 5.55. The standard InChI is InChI=1S/C18H15FN4O3/c1-22-17(25)15(16(24)20-11-12-7-9-13(19)10-8-12)21-23(18(22)26)14-5-3-2-4-6-14/h2-10H,11H2,1H3,(H,20,24). The van der Waals surface area contributed by atoms with Crippen LogP contribution in [0.25, 0.3) is 5.69 Å². The predicted octanol–water partition coefficient (Wildman–Crippen LogP) is 1.00. The molecule has 7 nitrogen and oxygen atoms in total. The largest absolute Gasteiger partial charge is 0.351 e. The van der Waals surface area contributed by atoms with Crippen LogP contribution < -0.4 is 16.6 Å². The minimum Gasteiger partial charge on any atom is -0.346 e. The lowest BCUT2D eigenvalue weighted by atomic mass is 10.2. The molecule has 8 heteroatoms. The average Bonchev–Trinajstić information content (AvgIpc) is 2.66. The van der Waals surface area contributed by atoms with Gasteiger partial charge in [0.15, 0.2) is 0 Å². The van der Waals surface area contributed by atoms with Crippen molar-refractivity contribution < 1.29 is 9.18 Å². The summed E-state index contributed by atoms with van der Waals surface area (Å²) in [5.74, 6) is -1.11. The molecular formula is C18H15FN4O3. The lowest BCUT2D eigenvalue weighted by molar-refractivity contribution is 0.0941. The molecule has 0 aliphatic rings. The SMILES string of the molecule is Cn1c(=O)c(C(=O)NCc2ccc(F)cc2)nn(-c2ccccc2)c1=O. The number of hydrogen-bond acceptors (Lipinski definition) is 4. The van der Waals surface area contributed by atoms with Crippen LogP contribution in [0.2, 0.25) is 0 Å². The van der Waals surface area contributed by atoms with E-state index in [4.69, 9.17) is 0 Å². The minimum atomic E-state index is -0.793. The Morgan fingerprint density at radius 3 is 2.38 bits per heavy atom. The lowest BCUT2D eigenvalue weighted by Gasteiger charge is -2.09.